The van der Waals surface area contributed by atoms with Crippen LogP contribution >= 0.6 is 0 Å². The topological polar surface area (TPSA) is 66.5 Å². The molecular weight excluding hydrogens is 202 g/mol. The number of rotatable bonds is 4. The van der Waals surface area contributed by atoms with Crippen LogP contribution in [0.2, 0.25) is 0 Å². The van der Waals surface area contributed by atoms with Gasteiger partial charge in [0.25, 0.3) is 0 Å². The zero-order chi connectivity index (χ0) is 11.8. The molecule has 1 N–H and O–H groups in total. The van der Waals surface area contributed by atoms with E-state index in [9.17, 15) is 5.26 Å². The van der Waals surface area contributed by atoms with Crippen molar-refractivity contribution >= 4 is 0 Å². The van der Waals surface area contributed by atoms with E-state index in [4.69, 9.17) is 0 Å². The summed E-state index contributed by atoms with van der Waals surface area (Å²) in [5.41, 5.74) is -0.550. The van der Waals surface area contributed by atoms with Gasteiger partial charge in [-0.3, -0.25) is 5.32 Å². The number of aromatic nitrogens is 3. The average Bonchev–Trinajstić information content (AvgIpc) is 2.94. The first kappa shape index (κ1) is 11.1. The van der Waals surface area contributed by atoms with Crippen molar-refractivity contribution in [3.8, 4) is 6.07 Å². The lowest BCUT2D eigenvalue weighted by Gasteiger charge is -2.23. The normalized spacial score (nSPS) is 19.1. The highest BCUT2D eigenvalue weighted by atomic mass is 15.4. The van der Waals surface area contributed by atoms with Gasteiger partial charge in [0, 0.05) is 6.04 Å². The molecule has 0 spiro atoms. The van der Waals surface area contributed by atoms with Crippen molar-refractivity contribution in [1.82, 2.24) is 20.1 Å². The Morgan fingerprint density at radius 3 is 2.69 bits per heavy atom. The molecule has 1 fully saturated rings. The molecule has 86 valence electrons. The van der Waals surface area contributed by atoms with Gasteiger partial charge in [-0.25, -0.2) is 9.67 Å². The van der Waals surface area contributed by atoms with Crippen LogP contribution in [0.5, 0.6) is 0 Å². The van der Waals surface area contributed by atoms with Crippen LogP contribution in [0.3, 0.4) is 0 Å². The molecule has 5 nitrogen and oxygen atoms in total. The number of hydrogen-bond donors (Lipinski definition) is 1. The zero-order valence-corrected chi connectivity index (χ0v) is 9.99. The van der Waals surface area contributed by atoms with Crippen molar-refractivity contribution < 1.29 is 0 Å². The van der Waals surface area contributed by atoms with Crippen molar-refractivity contribution in [3.63, 3.8) is 0 Å². The maximum atomic E-state index is 9.25. The Bertz CT molecular complexity index is 426. The lowest BCUT2D eigenvalue weighted by atomic mass is 10.1. The molecule has 1 aromatic heterocycles. The van der Waals surface area contributed by atoms with Gasteiger partial charge in [0.1, 0.15) is 17.2 Å². The van der Waals surface area contributed by atoms with Crippen LogP contribution in [-0.4, -0.2) is 26.3 Å². The number of nitrogens with zero attached hydrogens (tertiary/aromatic N) is 4. The minimum Gasteiger partial charge on any atom is -0.295 e. The summed E-state index contributed by atoms with van der Waals surface area (Å²) in [4.78, 5) is 4.24. The molecule has 0 amide bonds. The molecule has 16 heavy (non-hydrogen) atoms. The molecule has 5 heteroatoms. The third-order valence-corrected chi connectivity index (χ3v) is 2.78. The van der Waals surface area contributed by atoms with Crippen LogP contribution in [0.15, 0.2) is 0 Å². The summed E-state index contributed by atoms with van der Waals surface area (Å²) in [5.74, 6) is 1.61. The summed E-state index contributed by atoms with van der Waals surface area (Å²) in [6.45, 7) is 6.24. The number of nitrogens with one attached hydrogen (secondary N) is 1. The Hall–Kier alpha value is -1.41. The SMILES string of the molecule is Cc1nc(C)n(CC(C)(C#N)NC2CC2)n1. The van der Waals surface area contributed by atoms with Crippen LogP contribution < -0.4 is 5.32 Å². The van der Waals surface area contributed by atoms with Gasteiger partial charge in [-0.15, -0.1) is 0 Å². The molecule has 1 atom stereocenters. The number of nitriles is 1. The monoisotopic (exact) mass is 219 g/mol. The fraction of sp³-hybridized carbons (Fsp3) is 0.727. The first-order chi connectivity index (χ1) is 7.52. The Balaban J connectivity index is 2.11. The Kier molecular flexibility index (Phi) is 2.68. The van der Waals surface area contributed by atoms with E-state index in [1.54, 1.807) is 4.68 Å². The Morgan fingerprint density at radius 2 is 2.25 bits per heavy atom. The van der Waals surface area contributed by atoms with Gasteiger partial charge in [0.15, 0.2) is 0 Å². The fourth-order valence-corrected chi connectivity index (χ4v) is 1.80. The van der Waals surface area contributed by atoms with Gasteiger partial charge in [0.2, 0.25) is 0 Å². The molecule has 0 aromatic carbocycles. The standard InChI is InChI=1S/C11H17N5/c1-8-13-9(2)16(15-8)7-11(3,6-12)14-10-4-5-10/h10,14H,4-5,7H2,1-3H3. The second kappa shape index (κ2) is 3.87. The van der Waals surface area contributed by atoms with E-state index >= 15 is 0 Å². The highest BCUT2D eigenvalue weighted by Crippen LogP contribution is 2.23. The third kappa shape index (κ3) is 2.39. The van der Waals surface area contributed by atoms with Crippen molar-refractivity contribution in [2.45, 2.75) is 51.7 Å². The van der Waals surface area contributed by atoms with Gasteiger partial charge in [-0.05, 0) is 33.6 Å². The average molecular weight is 219 g/mol. The molecule has 0 radical (unpaired) electrons. The van der Waals surface area contributed by atoms with Crippen molar-refractivity contribution in [2.24, 2.45) is 0 Å². The number of aryl methyl sites for hydroxylation is 2. The minimum absolute atomic E-state index is 0.509. The molecule has 0 aliphatic heterocycles. The lowest BCUT2D eigenvalue weighted by molar-refractivity contribution is 0.362. The predicted molar refractivity (Wildman–Crippen MR) is 59.7 cm³/mol. The zero-order valence-electron chi connectivity index (χ0n) is 9.99. The van der Waals surface area contributed by atoms with Gasteiger partial charge >= 0.3 is 0 Å². The second-order valence-electron chi connectivity index (χ2n) is 4.73. The summed E-state index contributed by atoms with van der Waals surface area (Å²) < 4.78 is 1.80. The van der Waals surface area contributed by atoms with E-state index in [-0.39, 0.29) is 0 Å². The summed E-state index contributed by atoms with van der Waals surface area (Å²) in [5, 5.41) is 16.9. The highest BCUT2D eigenvalue weighted by molar-refractivity contribution is 5.08. The first-order valence-electron chi connectivity index (χ1n) is 5.59. The molecular formula is C11H17N5. The van der Waals surface area contributed by atoms with Crippen LogP contribution in [0.4, 0.5) is 0 Å². The molecule has 0 bridgehead atoms. The molecule has 1 aromatic rings. The summed E-state index contributed by atoms with van der Waals surface area (Å²) >= 11 is 0. The molecule has 1 heterocycles. The molecule has 1 aliphatic carbocycles. The van der Waals surface area contributed by atoms with Gasteiger partial charge in [-0.1, -0.05) is 0 Å². The Morgan fingerprint density at radius 1 is 1.56 bits per heavy atom. The molecule has 1 unspecified atom stereocenters. The third-order valence-electron chi connectivity index (χ3n) is 2.78. The van der Waals surface area contributed by atoms with Gasteiger partial charge in [-0.2, -0.15) is 10.4 Å². The lowest BCUT2D eigenvalue weighted by Crippen LogP contribution is -2.46. The smallest absolute Gasteiger partial charge is 0.147 e. The van der Waals surface area contributed by atoms with Gasteiger partial charge < -0.3 is 0 Å². The molecule has 1 saturated carbocycles. The predicted octanol–water partition coefficient (Wildman–Crippen LogP) is 0.929. The maximum Gasteiger partial charge on any atom is 0.147 e. The van der Waals surface area contributed by atoms with Gasteiger partial charge in [0.05, 0.1) is 12.6 Å². The van der Waals surface area contributed by atoms with Crippen LogP contribution in [-0.2, 0) is 6.54 Å². The van der Waals surface area contributed by atoms with E-state index < -0.39 is 5.54 Å². The summed E-state index contributed by atoms with van der Waals surface area (Å²) in [7, 11) is 0. The van der Waals surface area contributed by atoms with Crippen molar-refractivity contribution in [3.05, 3.63) is 11.6 Å². The van der Waals surface area contributed by atoms with Crippen LogP contribution in [0, 0.1) is 25.2 Å². The highest BCUT2D eigenvalue weighted by Gasteiger charge is 2.33. The quantitative estimate of drug-likeness (QED) is 0.818. The van der Waals surface area contributed by atoms with E-state index in [1.165, 1.54) is 12.8 Å². The molecule has 1 aliphatic rings. The summed E-state index contributed by atoms with van der Waals surface area (Å²) in [6, 6.07) is 2.84. The van der Waals surface area contributed by atoms with E-state index in [1.807, 2.05) is 20.8 Å². The maximum absolute atomic E-state index is 9.25. The first-order valence-corrected chi connectivity index (χ1v) is 5.59. The summed E-state index contributed by atoms with van der Waals surface area (Å²) in [6.07, 6.45) is 2.35. The minimum atomic E-state index is -0.550. The van der Waals surface area contributed by atoms with E-state index in [0.717, 1.165) is 11.6 Å². The van der Waals surface area contributed by atoms with Crippen LogP contribution in [0.1, 0.15) is 31.4 Å². The fourth-order valence-electron chi connectivity index (χ4n) is 1.80. The van der Waals surface area contributed by atoms with E-state index in [0.29, 0.717) is 12.6 Å². The molecule has 0 saturated heterocycles. The number of hydrogen-bond acceptors (Lipinski definition) is 4. The molecule has 2 rings (SSSR count). The van der Waals surface area contributed by atoms with Crippen molar-refractivity contribution in [2.75, 3.05) is 0 Å². The van der Waals surface area contributed by atoms with Crippen LogP contribution in [0.25, 0.3) is 0 Å². The largest absolute Gasteiger partial charge is 0.295 e. The Labute approximate surface area is 95.5 Å². The van der Waals surface area contributed by atoms with Crippen molar-refractivity contribution in [1.29, 1.82) is 5.26 Å². The second-order valence-corrected chi connectivity index (χ2v) is 4.73. The van der Waals surface area contributed by atoms with E-state index in [2.05, 4.69) is 21.5 Å².